The predicted molar refractivity (Wildman–Crippen MR) is 187 cm³/mol. The number of nitrogens with two attached hydrogens (primary N) is 1. The topological polar surface area (TPSA) is 134 Å². The Morgan fingerprint density at radius 2 is 1.65 bits per heavy atom. The van der Waals surface area contributed by atoms with Crippen LogP contribution in [-0.4, -0.2) is 59.8 Å². The molecule has 18 heteroatoms. The van der Waals surface area contributed by atoms with E-state index in [0.29, 0.717) is 28.3 Å². The summed E-state index contributed by atoms with van der Waals surface area (Å²) in [6.07, 6.45) is -0.212. The summed E-state index contributed by atoms with van der Waals surface area (Å²) in [4.78, 5) is 37.5. The molecule has 0 unspecified atom stereocenters. The summed E-state index contributed by atoms with van der Waals surface area (Å²) >= 11 is 6.44. The van der Waals surface area contributed by atoms with E-state index in [4.69, 9.17) is 27.1 Å². The molecule has 4 aromatic rings. The van der Waals surface area contributed by atoms with Crippen molar-refractivity contribution in [2.24, 2.45) is 21.6 Å². The maximum Gasteiger partial charge on any atom is 0.333 e. The monoisotopic (exact) mass is 780 g/mol. The van der Waals surface area contributed by atoms with E-state index in [-0.39, 0.29) is 28.7 Å². The zero-order valence-corrected chi connectivity index (χ0v) is 31.0. The highest BCUT2D eigenvalue weighted by Gasteiger charge is 2.53. The van der Waals surface area contributed by atoms with Gasteiger partial charge in [-0.15, -0.1) is 0 Å². The van der Waals surface area contributed by atoms with Gasteiger partial charge in [0.05, 0.1) is 29.4 Å². The van der Waals surface area contributed by atoms with Crippen LogP contribution in [0.15, 0.2) is 66.2 Å². The van der Waals surface area contributed by atoms with Crippen LogP contribution in [0.3, 0.4) is 0 Å². The van der Waals surface area contributed by atoms with Gasteiger partial charge in [-0.2, -0.15) is 19.0 Å². The van der Waals surface area contributed by atoms with Gasteiger partial charge in [-0.05, 0) is 47.6 Å². The van der Waals surface area contributed by atoms with Crippen molar-refractivity contribution in [3.05, 3.63) is 83.2 Å². The van der Waals surface area contributed by atoms with E-state index in [1.54, 1.807) is 24.3 Å². The fraction of sp³-hybridized carbons (Fsp3) is 0.444. The molecule has 1 amide bonds. The van der Waals surface area contributed by atoms with E-state index >= 15 is 0 Å². The first-order valence-electron chi connectivity index (χ1n) is 16.7. The molecular weight excluding hydrogens is 742 g/mol. The van der Waals surface area contributed by atoms with Gasteiger partial charge in [-0.3, -0.25) is 14.5 Å². The number of carbonyl (C=O) groups is 2. The molecule has 1 aliphatic heterocycles. The number of nitrogens with zero attached hydrogens (tertiary/aromatic N) is 7. The van der Waals surface area contributed by atoms with Gasteiger partial charge in [-0.25, -0.2) is 36.9 Å². The number of rotatable bonds is 13. The van der Waals surface area contributed by atoms with Crippen molar-refractivity contribution in [3.63, 3.8) is 0 Å². The molecule has 0 fully saturated rings. The first kappa shape index (κ1) is 40.3. The molecule has 0 saturated heterocycles. The first-order valence-corrected chi connectivity index (χ1v) is 17.1. The van der Waals surface area contributed by atoms with Gasteiger partial charge in [0.15, 0.2) is 17.3 Å². The maximum atomic E-state index is 14.9. The molecule has 5 rings (SSSR count). The minimum Gasteiger partial charge on any atom is -0.463 e. The average molecular weight is 781 g/mol. The molecule has 2 atom stereocenters. The van der Waals surface area contributed by atoms with Crippen molar-refractivity contribution in [2.45, 2.75) is 84.9 Å². The predicted octanol–water partition coefficient (Wildman–Crippen LogP) is 8.26. The second-order valence-corrected chi connectivity index (χ2v) is 15.4. The molecule has 54 heavy (non-hydrogen) atoms. The van der Waals surface area contributed by atoms with Crippen LogP contribution in [0, 0.1) is 10.8 Å². The zero-order chi connectivity index (χ0) is 40.0. The fourth-order valence-electron chi connectivity index (χ4n) is 6.15. The molecule has 0 spiro atoms. The number of alkyl halides is 6. The Balaban J connectivity index is 1.59. The summed E-state index contributed by atoms with van der Waals surface area (Å²) in [7, 11) is 0. The van der Waals surface area contributed by atoms with Crippen LogP contribution in [0.4, 0.5) is 26.3 Å². The molecule has 11 nitrogen and oxygen atoms in total. The molecular formula is C36H39ClF6N8O3. The van der Waals surface area contributed by atoms with Gasteiger partial charge in [0.1, 0.15) is 12.9 Å². The molecule has 3 heterocycles. The molecule has 0 saturated carbocycles. The van der Waals surface area contributed by atoms with E-state index < -0.39 is 72.0 Å². The molecule has 1 aliphatic rings. The highest BCUT2D eigenvalue weighted by Crippen LogP contribution is 2.46. The number of hydrogen-bond donors (Lipinski definition) is 1. The van der Waals surface area contributed by atoms with Crippen LogP contribution >= 0.6 is 11.6 Å². The second kappa shape index (κ2) is 14.7. The summed E-state index contributed by atoms with van der Waals surface area (Å²) in [5.74, 6) is -5.87. The number of ether oxygens (including phenoxy) is 1. The lowest BCUT2D eigenvalue weighted by atomic mass is 9.75. The maximum absolute atomic E-state index is 14.9. The number of hydrogen-bond acceptors (Lipinski definition) is 8. The summed E-state index contributed by atoms with van der Waals surface area (Å²) < 4.78 is 89.6. The van der Waals surface area contributed by atoms with Gasteiger partial charge in [0, 0.05) is 17.2 Å². The van der Waals surface area contributed by atoms with Crippen LogP contribution in [0.25, 0.3) is 16.8 Å². The third-order valence-electron chi connectivity index (χ3n) is 9.25. The third-order valence-corrected chi connectivity index (χ3v) is 9.57. The van der Waals surface area contributed by atoms with Gasteiger partial charge < -0.3 is 10.5 Å². The van der Waals surface area contributed by atoms with Crippen molar-refractivity contribution in [1.82, 2.24) is 29.4 Å². The zero-order valence-electron chi connectivity index (χ0n) is 30.2. The van der Waals surface area contributed by atoms with Crippen LogP contribution in [-0.2, 0) is 19.9 Å². The quantitative estimate of drug-likeness (QED) is 0.107. The minimum absolute atomic E-state index is 0.00975. The number of esters is 1. The Morgan fingerprint density at radius 3 is 2.22 bits per heavy atom. The van der Waals surface area contributed by atoms with Gasteiger partial charge in [-0.1, -0.05) is 76.6 Å². The number of amides is 1. The number of benzene rings is 2. The van der Waals surface area contributed by atoms with Gasteiger partial charge >= 0.3 is 12.5 Å². The second-order valence-electron chi connectivity index (χ2n) is 15.0. The number of aromatic nitrogens is 5. The number of aliphatic imine (C=N–C) groups is 1. The first-order chi connectivity index (χ1) is 25.0. The summed E-state index contributed by atoms with van der Waals surface area (Å²) in [6.45, 7) is 5.33. The minimum atomic E-state index is -3.25. The van der Waals surface area contributed by atoms with E-state index in [1.165, 1.54) is 44.4 Å². The van der Waals surface area contributed by atoms with E-state index in [1.807, 2.05) is 20.8 Å². The number of halogens is 7. The molecule has 0 bridgehead atoms. The fourth-order valence-corrected chi connectivity index (χ4v) is 6.35. The summed E-state index contributed by atoms with van der Waals surface area (Å²) in [6, 6.07) is 9.41. The standard InChI is InChI=1S/C36H39ClF6N8O3/c1-33(2,3)18-36(23-10-7-20(8-11-23)22-15-46-49(16-22)31(40)41)30(53)50(32(44)48-36)26(17-54-27(52)14-34(4,5)35(6,42)43)21-9-12-24(37)25(13-21)51-29(28(38)39)45-19-47-51/h7-13,15-16,19,26,28,31H,14,17-18H2,1-6H3,(H2,44,48)/t26-,36-/m1/s1. The highest BCUT2D eigenvalue weighted by molar-refractivity contribution is 6.32. The van der Waals surface area contributed by atoms with Crippen LogP contribution in [0.5, 0.6) is 0 Å². The molecule has 290 valence electrons. The Morgan fingerprint density at radius 1 is 0.981 bits per heavy atom. The molecule has 2 N–H and O–H groups in total. The smallest absolute Gasteiger partial charge is 0.333 e. The molecule has 2 aromatic heterocycles. The summed E-state index contributed by atoms with van der Waals surface area (Å²) in [5, 5.41) is 7.56. The normalized spacial score (nSPS) is 17.4. The SMILES string of the molecule is CC(C)(C)C[C@]1(c2ccc(-c3cnn(C(F)F)c3)cc2)N=C(N)N([C@H](COC(=O)CC(C)(C)C(C)(F)F)c2ccc(Cl)c(-n3ncnc3C(F)F)c2)C1=O. The lowest BCUT2D eigenvalue weighted by Gasteiger charge is -2.35. The third kappa shape index (κ3) is 8.10. The van der Waals surface area contributed by atoms with Crippen molar-refractivity contribution in [2.75, 3.05) is 6.61 Å². The van der Waals surface area contributed by atoms with Crippen molar-refractivity contribution in [1.29, 1.82) is 0 Å². The molecule has 0 aliphatic carbocycles. The van der Waals surface area contributed by atoms with Gasteiger partial charge in [0.2, 0.25) is 0 Å². The van der Waals surface area contributed by atoms with E-state index in [0.717, 1.165) is 15.9 Å². The Hall–Kier alpha value is -4.93. The lowest BCUT2D eigenvalue weighted by molar-refractivity contribution is -0.157. The van der Waals surface area contributed by atoms with Crippen LogP contribution < -0.4 is 5.73 Å². The summed E-state index contributed by atoms with van der Waals surface area (Å²) in [5.41, 5.74) is 4.08. The highest BCUT2D eigenvalue weighted by atomic mass is 35.5. The Labute approximate surface area is 312 Å². The van der Waals surface area contributed by atoms with E-state index in [9.17, 15) is 35.9 Å². The largest absolute Gasteiger partial charge is 0.463 e. The Kier molecular flexibility index (Phi) is 11.0. The number of carbonyl (C=O) groups excluding carboxylic acids is 2. The van der Waals surface area contributed by atoms with Crippen LogP contribution in [0.1, 0.15) is 90.4 Å². The van der Waals surface area contributed by atoms with Crippen molar-refractivity contribution >= 4 is 29.4 Å². The van der Waals surface area contributed by atoms with Crippen molar-refractivity contribution < 1.29 is 40.7 Å². The number of guanidine groups is 1. The van der Waals surface area contributed by atoms with E-state index in [2.05, 4.69) is 15.2 Å². The molecule has 0 radical (unpaired) electrons. The van der Waals surface area contributed by atoms with Crippen LogP contribution in [0.2, 0.25) is 5.02 Å². The average Bonchev–Trinajstić information content (AvgIpc) is 3.81. The lowest BCUT2D eigenvalue weighted by Crippen LogP contribution is -2.47. The van der Waals surface area contributed by atoms with Gasteiger partial charge in [0.25, 0.3) is 18.3 Å². The molecule has 2 aromatic carbocycles. The Bertz CT molecular complexity index is 2040. The van der Waals surface area contributed by atoms with Crippen molar-refractivity contribution in [3.8, 4) is 16.8 Å².